The van der Waals surface area contributed by atoms with Crippen molar-refractivity contribution in [1.82, 2.24) is 10.2 Å². The first-order chi connectivity index (χ1) is 13.2. The largest absolute Gasteiger partial charge is 0.450 e. The Bertz CT molecular complexity index is 542. The zero-order valence-electron chi connectivity index (χ0n) is 18.9. The molecule has 170 valence electrons. The molecule has 1 N–H and O–H groups in total. The van der Waals surface area contributed by atoms with Crippen molar-refractivity contribution in [2.75, 3.05) is 20.2 Å². The van der Waals surface area contributed by atoms with Crippen LogP contribution in [0, 0.1) is 5.92 Å². The van der Waals surface area contributed by atoms with Crippen molar-refractivity contribution in [2.45, 2.75) is 89.7 Å². The van der Waals surface area contributed by atoms with Crippen LogP contribution in [-0.2, 0) is 9.47 Å². The van der Waals surface area contributed by atoms with E-state index in [1.165, 1.54) is 4.90 Å². The second-order valence-corrected chi connectivity index (χ2v) is 15.9. The lowest BCUT2D eigenvalue weighted by molar-refractivity contribution is 0.0479. The number of ether oxygens (including phenoxy) is 2. The van der Waals surface area contributed by atoms with Crippen LogP contribution in [0.2, 0.25) is 25.7 Å². The Morgan fingerprint density at radius 1 is 1.17 bits per heavy atom. The molecule has 0 radical (unpaired) electrons. The Balaban J connectivity index is 2.66. The molecule has 0 saturated heterocycles. The Labute approximate surface area is 174 Å². The molecule has 1 fully saturated rings. The highest BCUT2D eigenvalue weighted by Crippen LogP contribution is 2.33. The first-order valence-corrected chi connectivity index (χ1v) is 14.0. The van der Waals surface area contributed by atoms with Crippen molar-refractivity contribution in [3.05, 3.63) is 0 Å². The third-order valence-corrected chi connectivity index (χ3v) is 6.44. The van der Waals surface area contributed by atoms with Gasteiger partial charge >= 0.3 is 12.2 Å². The van der Waals surface area contributed by atoms with E-state index in [0.29, 0.717) is 13.0 Å². The van der Waals surface area contributed by atoms with E-state index in [4.69, 9.17) is 9.47 Å². The molecule has 1 aliphatic rings. The number of likely N-dealkylation sites (N-methyl/N-ethyl adjacent to an activating group) is 1. The number of carbonyl (C=O) groups excluding carboxylic acids is 2. The number of nitrogens with one attached hydrogen (secondary N) is 1. The summed E-state index contributed by atoms with van der Waals surface area (Å²) in [6.07, 6.45) is -3.41. The topological polar surface area (TPSA) is 67.9 Å². The minimum Gasteiger partial charge on any atom is -0.450 e. The fourth-order valence-electron chi connectivity index (χ4n) is 3.24. The monoisotopic (exact) mass is 436 g/mol. The maximum absolute atomic E-state index is 13.6. The lowest BCUT2D eigenvalue weighted by atomic mass is 9.98. The molecule has 29 heavy (non-hydrogen) atoms. The van der Waals surface area contributed by atoms with E-state index in [2.05, 4.69) is 25.0 Å². The van der Waals surface area contributed by atoms with Crippen LogP contribution in [0.15, 0.2) is 0 Å². The summed E-state index contributed by atoms with van der Waals surface area (Å²) in [5.74, 6) is -0.198. The van der Waals surface area contributed by atoms with E-state index in [9.17, 15) is 18.4 Å². The lowest BCUT2D eigenvalue weighted by Crippen LogP contribution is -2.47. The Morgan fingerprint density at radius 2 is 1.72 bits per heavy atom. The van der Waals surface area contributed by atoms with Crippen molar-refractivity contribution in [2.24, 2.45) is 5.92 Å². The van der Waals surface area contributed by atoms with Crippen LogP contribution in [0.3, 0.4) is 0 Å². The van der Waals surface area contributed by atoms with E-state index < -0.39 is 44.2 Å². The SMILES string of the molecule is CN(C[C@H](CC1C[C@@H](F)[C@@H](F)C1)NC(=O)OC(C)(C)C)C(=O)OCC[Si](C)(C)C. The summed E-state index contributed by atoms with van der Waals surface area (Å²) in [5.41, 5.74) is -0.669. The summed E-state index contributed by atoms with van der Waals surface area (Å²) >= 11 is 0. The molecule has 0 aliphatic heterocycles. The molecular formula is C20H38F2N2O4Si. The van der Waals surface area contributed by atoms with Gasteiger partial charge < -0.3 is 19.7 Å². The van der Waals surface area contributed by atoms with Crippen molar-refractivity contribution >= 4 is 20.3 Å². The molecule has 0 bridgehead atoms. The maximum Gasteiger partial charge on any atom is 0.409 e. The zero-order valence-corrected chi connectivity index (χ0v) is 19.9. The highest BCUT2D eigenvalue weighted by atomic mass is 28.3. The molecule has 0 spiro atoms. The number of hydrogen-bond acceptors (Lipinski definition) is 4. The average molecular weight is 437 g/mol. The molecule has 0 aromatic rings. The van der Waals surface area contributed by atoms with Crippen LogP contribution in [0.5, 0.6) is 0 Å². The Morgan fingerprint density at radius 3 is 2.21 bits per heavy atom. The van der Waals surface area contributed by atoms with Gasteiger partial charge in [0.15, 0.2) is 0 Å². The van der Waals surface area contributed by atoms with E-state index in [1.54, 1.807) is 27.8 Å². The summed E-state index contributed by atoms with van der Waals surface area (Å²) in [5, 5.41) is 2.75. The second-order valence-electron chi connectivity index (χ2n) is 10.3. The number of rotatable bonds is 8. The fraction of sp³-hybridized carbons (Fsp3) is 0.900. The van der Waals surface area contributed by atoms with Gasteiger partial charge in [0.2, 0.25) is 0 Å². The number of alkyl halides is 2. The average Bonchev–Trinajstić information content (AvgIpc) is 2.81. The molecule has 0 aromatic carbocycles. The van der Waals surface area contributed by atoms with Gasteiger partial charge in [-0.2, -0.15) is 0 Å². The van der Waals surface area contributed by atoms with E-state index in [1.807, 2.05) is 0 Å². The van der Waals surface area contributed by atoms with Crippen molar-refractivity contribution in [3.8, 4) is 0 Å². The molecule has 1 saturated carbocycles. The minimum atomic E-state index is -1.47. The molecule has 1 rings (SSSR count). The van der Waals surface area contributed by atoms with Crippen LogP contribution in [0.4, 0.5) is 18.4 Å². The van der Waals surface area contributed by atoms with Gasteiger partial charge in [0, 0.05) is 21.7 Å². The number of halogens is 2. The number of carbonyl (C=O) groups is 2. The number of hydrogen-bond donors (Lipinski definition) is 1. The third-order valence-electron chi connectivity index (χ3n) is 4.73. The second kappa shape index (κ2) is 10.6. The molecule has 6 nitrogen and oxygen atoms in total. The van der Waals surface area contributed by atoms with Crippen LogP contribution >= 0.6 is 0 Å². The van der Waals surface area contributed by atoms with Crippen molar-refractivity contribution in [1.29, 1.82) is 0 Å². The summed E-state index contributed by atoms with van der Waals surface area (Å²) in [6.45, 7) is 12.4. The highest BCUT2D eigenvalue weighted by Gasteiger charge is 2.36. The smallest absolute Gasteiger partial charge is 0.409 e. The van der Waals surface area contributed by atoms with Gasteiger partial charge in [0.05, 0.1) is 12.6 Å². The van der Waals surface area contributed by atoms with E-state index in [-0.39, 0.29) is 25.3 Å². The lowest BCUT2D eigenvalue weighted by Gasteiger charge is -2.28. The predicted molar refractivity (Wildman–Crippen MR) is 112 cm³/mol. The molecule has 9 heteroatoms. The first-order valence-electron chi connectivity index (χ1n) is 10.3. The Kier molecular flexibility index (Phi) is 9.37. The normalized spacial score (nSPS) is 23.4. The molecule has 0 heterocycles. The zero-order chi connectivity index (χ0) is 22.4. The fourth-order valence-corrected chi connectivity index (χ4v) is 3.95. The molecular weight excluding hydrogens is 398 g/mol. The van der Waals surface area contributed by atoms with Crippen molar-refractivity contribution < 1.29 is 27.8 Å². The van der Waals surface area contributed by atoms with Gasteiger partial charge in [-0.25, -0.2) is 18.4 Å². The van der Waals surface area contributed by atoms with Crippen LogP contribution < -0.4 is 5.32 Å². The van der Waals surface area contributed by atoms with Gasteiger partial charge in [0.1, 0.15) is 17.9 Å². The third kappa shape index (κ3) is 10.8. The van der Waals surface area contributed by atoms with Gasteiger partial charge in [-0.05, 0) is 52.0 Å². The van der Waals surface area contributed by atoms with E-state index >= 15 is 0 Å². The predicted octanol–water partition coefficient (Wildman–Crippen LogP) is 4.76. The maximum atomic E-state index is 13.6. The number of amides is 2. The standard InChI is InChI=1S/C20H38F2N2O4Si/c1-20(2,3)28-18(25)23-15(10-14-11-16(21)17(22)12-14)13-24(4)19(26)27-8-9-29(5,6)7/h14-17H,8-13H2,1-7H3,(H,23,25)/t14?,15-,16-,17+/m0/s1. The molecule has 1 aliphatic carbocycles. The van der Waals surface area contributed by atoms with Gasteiger partial charge in [-0.1, -0.05) is 19.6 Å². The summed E-state index contributed by atoms with van der Waals surface area (Å²) in [4.78, 5) is 25.9. The minimum absolute atomic E-state index is 0.123. The van der Waals surface area contributed by atoms with E-state index in [0.717, 1.165) is 6.04 Å². The van der Waals surface area contributed by atoms with Crippen molar-refractivity contribution in [3.63, 3.8) is 0 Å². The van der Waals surface area contributed by atoms with Gasteiger partial charge in [-0.3, -0.25) is 0 Å². The Hall–Kier alpha value is -1.38. The summed E-state index contributed by atoms with van der Waals surface area (Å²) in [7, 11) is 0.275. The summed E-state index contributed by atoms with van der Waals surface area (Å²) < 4.78 is 37.7. The van der Waals surface area contributed by atoms with Gasteiger partial charge in [0.25, 0.3) is 0 Å². The van der Waals surface area contributed by atoms with Gasteiger partial charge in [-0.15, -0.1) is 0 Å². The highest BCUT2D eigenvalue weighted by molar-refractivity contribution is 6.76. The van der Waals surface area contributed by atoms with Crippen LogP contribution in [0.1, 0.15) is 40.0 Å². The molecule has 1 unspecified atom stereocenters. The van der Waals surface area contributed by atoms with Crippen LogP contribution in [-0.4, -0.2) is 69.3 Å². The molecule has 2 amide bonds. The first kappa shape index (κ1) is 25.7. The van der Waals surface area contributed by atoms with Crippen LogP contribution in [0.25, 0.3) is 0 Å². The quantitative estimate of drug-likeness (QED) is 0.557. The number of nitrogens with zero attached hydrogens (tertiary/aromatic N) is 1. The molecule has 0 aromatic heterocycles. The molecule has 4 atom stereocenters. The number of alkyl carbamates (subject to hydrolysis) is 1. The summed E-state index contributed by atoms with van der Waals surface area (Å²) in [6, 6.07) is 0.381.